The summed E-state index contributed by atoms with van der Waals surface area (Å²) >= 11 is 0. The summed E-state index contributed by atoms with van der Waals surface area (Å²) in [5, 5.41) is 8.07. The van der Waals surface area contributed by atoms with Gasteiger partial charge in [-0.3, -0.25) is 0 Å². The molecule has 2 nitrogen and oxygen atoms in total. The topological polar surface area (TPSA) is 46.2 Å². The summed E-state index contributed by atoms with van der Waals surface area (Å²) in [6.07, 6.45) is 10.1. The SMILES string of the molecule is CCCCCCCCN.CCCCO. The van der Waals surface area contributed by atoms with E-state index in [1.54, 1.807) is 0 Å². The number of aliphatic hydroxyl groups excluding tert-OH is 1. The Hall–Kier alpha value is -0.0800. The predicted molar refractivity (Wildman–Crippen MR) is 64.4 cm³/mol. The molecule has 14 heavy (non-hydrogen) atoms. The number of hydrogen-bond acceptors (Lipinski definition) is 2. The maximum Gasteiger partial charge on any atom is 0.0430 e. The molecule has 3 N–H and O–H groups in total. The van der Waals surface area contributed by atoms with E-state index in [9.17, 15) is 0 Å². The van der Waals surface area contributed by atoms with Gasteiger partial charge in [0.15, 0.2) is 0 Å². The molecule has 0 aliphatic carbocycles. The summed E-state index contributed by atoms with van der Waals surface area (Å²) < 4.78 is 0. The molecule has 0 bridgehead atoms. The molecule has 0 amide bonds. The largest absolute Gasteiger partial charge is 0.396 e. The highest BCUT2D eigenvalue weighted by molar-refractivity contribution is 4.43. The molecule has 0 aromatic carbocycles. The van der Waals surface area contributed by atoms with Gasteiger partial charge in [0, 0.05) is 6.61 Å². The average Bonchev–Trinajstić information content (AvgIpc) is 2.20. The van der Waals surface area contributed by atoms with Crippen molar-refractivity contribution in [2.75, 3.05) is 13.2 Å². The highest BCUT2D eigenvalue weighted by Gasteiger charge is 1.85. The molecule has 0 saturated heterocycles. The van der Waals surface area contributed by atoms with E-state index >= 15 is 0 Å². The summed E-state index contributed by atoms with van der Waals surface area (Å²) in [6, 6.07) is 0. The summed E-state index contributed by atoms with van der Waals surface area (Å²) in [7, 11) is 0. The molecule has 0 saturated carbocycles. The molecular formula is C12H29NO. The van der Waals surface area contributed by atoms with E-state index in [-0.39, 0.29) is 0 Å². The molecule has 0 aliphatic rings. The zero-order valence-electron chi connectivity index (χ0n) is 10.1. The number of hydrogen-bond donors (Lipinski definition) is 2. The van der Waals surface area contributed by atoms with E-state index in [0.29, 0.717) is 6.61 Å². The van der Waals surface area contributed by atoms with Crippen molar-refractivity contribution in [3.63, 3.8) is 0 Å². The lowest BCUT2D eigenvalue weighted by Crippen LogP contribution is -1.97. The Morgan fingerprint density at radius 2 is 1.29 bits per heavy atom. The van der Waals surface area contributed by atoms with E-state index in [0.717, 1.165) is 19.4 Å². The monoisotopic (exact) mass is 203 g/mol. The molecule has 0 spiro atoms. The van der Waals surface area contributed by atoms with Crippen LogP contribution in [0.1, 0.15) is 65.2 Å². The van der Waals surface area contributed by atoms with Gasteiger partial charge in [-0.05, 0) is 19.4 Å². The normalized spacial score (nSPS) is 9.43. The number of nitrogens with two attached hydrogens (primary N) is 1. The minimum absolute atomic E-state index is 0.344. The van der Waals surface area contributed by atoms with Crippen molar-refractivity contribution < 1.29 is 5.11 Å². The fourth-order valence-corrected chi connectivity index (χ4v) is 1.08. The van der Waals surface area contributed by atoms with Gasteiger partial charge in [0.2, 0.25) is 0 Å². The van der Waals surface area contributed by atoms with Crippen LogP contribution in [0.2, 0.25) is 0 Å². The fraction of sp³-hybridized carbons (Fsp3) is 1.00. The van der Waals surface area contributed by atoms with Crippen molar-refractivity contribution in [2.45, 2.75) is 65.2 Å². The lowest BCUT2D eigenvalue weighted by molar-refractivity contribution is 0.287. The maximum absolute atomic E-state index is 8.07. The second-order valence-electron chi connectivity index (χ2n) is 3.63. The standard InChI is InChI=1S/C8H19N.C4H10O/c1-2-3-4-5-6-7-8-9;1-2-3-4-5/h2-9H2,1H3;5H,2-4H2,1H3. The molecule has 0 radical (unpaired) electrons. The number of aliphatic hydroxyl groups is 1. The third-order valence-corrected chi connectivity index (χ3v) is 2.07. The molecule has 0 rings (SSSR count). The van der Waals surface area contributed by atoms with Gasteiger partial charge in [0.25, 0.3) is 0 Å². The van der Waals surface area contributed by atoms with Crippen LogP contribution in [-0.4, -0.2) is 18.3 Å². The first kappa shape index (κ1) is 16.4. The highest BCUT2D eigenvalue weighted by atomic mass is 16.2. The Balaban J connectivity index is 0. The second kappa shape index (κ2) is 18.7. The van der Waals surface area contributed by atoms with Gasteiger partial charge in [0.05, 0.1) is 0 Å². The zero-order chi connectivity index (χ0) is 11.1. The molecule has 2 heteroatoms. The minimum Gasteiger partial charge on any atom is -0.396 e. The lowest BCUT2D eigenvalue weighted by Gasteiger charge is -1.96. The van der Waals surface area contributed by atoms with Crippen LogP contribution in [0, 0.1) is 0 Å². The van der Waals surface area contributed by atoms with Crippen molar-refractivity contribution in [1.29, 1.82) is 0 Å². The van der Waals surface area contributed by atoms with Gasteiger partial charge in [-0.15, -0.1) is 0 Å². The van der Waals surface area contributed by atoms with E-state index in [1.165, 1.54) is 38.5 Å². The molecule has 0 unspecified atom stereocenters. The van der Waals surface area contributed by atoms with Gasteiger partial charge in [-0.2, -0.15) is 0 Å². The minimum atomic E-state index is 0.344. The molecule has 0 aromatic rings. The van der Waals surface area contributed by atoms with Gasteiger partial charge in [-0.25, -0.2) is 0 Å². The summed E-state index contributed by atoms with van der Waals surface area (Å²) in [5.41, 5.74) is 5.34. The van der Waals surface area contributed by atoms with Crippen molar-refractivity contribution in [3.8, 4) is 0 Å². The van der Waals surface area contributed by atoms with Crippen molar-refractivity contribution in [1.82, 2.24) is 0 Å². The van der Waals surface area contributed by atoms with Gasteiger partial charge in [0.1, 0.15) is 0 Å². The lowest BCUT2D eigenvalue weighted by atomic mass is 10.1. The van der Waals surface area contributed by atoms with E-state index in [1.807, 2.05) is 0 Å². The molecule has 0 heterocycles. The Bertz CT molecular complexity index is 68.7. The highest BCUT2D eigenvalue weighted by Crippen LogP contribution is 2.03. The molecule has 0 fully saturated rings. The second-order valence-corrected chi connectivity index (χ2v) is 3.63. The van der Waals surface area contributed by atoms with Crippen LogP contribution in [0.3, 0.4) is 0 Å². The summed E-state index contributed by atoms with van der Waals surface area (Å²) in [6.45, 7) is 5.50. The van der Waals surface area contributed by atoms with Crippen LogP contribution in [0.4, 0.5) is 0 Å². The summed E-state index contributed by atoms with van der Waals surface area (Å²) in [4.78, 5) is 0. The van der Waals surface area contributed by atoms with Crippen LogP contribution in [0.15, 0.2) is 0 Å². The third kappa shape index (κ3) is 22.7. The van der Waals surface area contributed by atoms with Gasteiger partial charge < -0.3 is 10.8 Å². The van der Waals surface area contributed by atoms with E-state index < -0.39 is 0 Å². The molecular weight excluding hydrogens is 174 g/mol. The Labute approximate surface area is 89.9 Å². The van der Waals surface area contributed by atoms with Gasteiger partial charge in [-0.1, -0.05) is 52.4 Å². The van der Waals surface area contributed by atoms with Crippen molar-refractivity contribution >= 4 is 0 Å². The van der Waals surface area contributed by atoms with Gasteiger partial charge >= 0.3 is 0 Å². The molecule has 88 valence electrons. The fourth-order valence-electron chi connectivity index (χ4n) is 1.08. The van der Waals surface area contributed by atoms with Crippen molar-refractivity contribution in [2.24, 2.45) is 5.73 Å². The summed E-state index contributed by atoms with van der Waals surface area (Å²) in [5.74, 6) is 0. The Kier molecular flexibility index (Phi) is 21.8. The molecule has 0 aromatic heterocycles. The van der Waals surface area contributed by atoms with Crippen LogP contribution in [0.25, 0.3) is 0 Å². The number of rotatable bonds is 8. The Morgan fingerprint density at radius 1 is 0.786 bits per heavy atom. The van der Waals surface area contributed by atoms with Crippen LogP contribution >= 0.6 is 0 Å². The first-order valence-electron chi connectivity index (χ1n) is 6.14. The predicted octanol–water partition coefficient (Wildman–Crippen LogP) is 3.08. The third-order valence-electron chi connectivity index (χ3n) is 2.07. The first-order chi connectivity index (χ1) is 6.83. The zero-order valence-corrected chi connectivity index (χ0v) is 10.1. The first-order valence-corrected chi connectivity index (χ1v) is 6.14. The van der Waals surface area contributed by atoms with Crippen LogP contribution < -0.4 is 5.73 Å². The maximum atomic E-state index is 8.07. The van der Waals surface area contributed by atoms with Crippen molar-refractivity contribution in [3.05, 3.63) is 0 Å². The average molecular weight is 203 g/mol. The van der Waals surface area contributed by atoms with Crippen LogP contribution in [-0.2, 0) is 0 Å². The smallest absolute Gasteiger partial charge is 0.0430 e. The molecule has 0 aliphatic heterocycles. The molecule has 0 atom stereocenters. The van der Waals surface area contributed by atoms with Crippen LogP contribution in [0.5, 0.6) is 0 Å². The quantitative estimate of drug-likeness (QED) is 0.595. The van der Waals surface area contributed by atoms with E-state index in [2.05, 4.69) is 13.8 Å². The number of unbranched alkanes of at least 4 members (excludes halogenated alkanes) is 6. The Morgan fingerprint density at radius 3 is 1.64 bits per heavy atom. The van der Waals surface area contributed by atoms with E-state index in [4.69, 9.17) is 10.8 Å².